The molecule has 0 saturated carbocycles. The number of hydrogen-bond acceptors (Lipinski definition) is 7. The van der Waals surface area contributed by atoms with E-state index in [-0.39, 0.29) is 5.28 Å². The van der Waals surface area contributed by atoms with Gasteiger partial charge < -0.3 is 16.0 Å². The first-order chi connectivity index (χ1) is 10.5. The molecular weight excluding hydrogens is 302 g/mol. The van der Waals surface area contributed by atoms with Crippen molar-refractivity contribution in [1.29, 1.82) is 0 Å². The summed E-state index contributed by atoms with van der Waals surface area (Å²) in [5, 5.41) is 9.64. The fourth-order valence-corrected chi connectivity index (χ4v) is 2.05. The minimum atomic E-state index is 0.161. The van der Waals surface area contributed by atoms with Crippen LogP contribution in [-0.2, 0) is 0 Å². The van der Waals surface area contributed by atoms with E-state index in [2.05, 4.69) is 42.5 Å². The van der Waals surface area contributed by atoms with Gasteiger partial charge in [-0.05, 0) is 32.4 Å². The van der Waals surface area contributed by atoms with E-state index in [1.165, 1.54) is 0 Å². The Morgan fingerprint density at radius 1 is 0.955 bits per heavy atom. The molecule has 2 aromatic rings. The third-order valence-electron chi connectivity index (χ3n) is 2.75. The van der Waals surface area contributed by atoms with Gasteiger partial charge in [-0.15, -0.1) is 0 Å². The van der Waals surface area contributed by atoms with Gasteiger partial charge in [0, 0.05) is 19.6 Å². The van der Waals surface area contributed by atoms with Gasteiger partial charge in [0.15, 0.2) is 11.6 Å². The lowest BCUT2D eigenvalue weighted by Crippen LogP contribution is -2.11. The van der Waals surface area contributed by atoms with Crippen LogP contribution in [0.1, 0.15) is 20.8 Å². The van der Waals surface area contributed by atoms with Gasteiger partial charge in [-0.3, -0.25) is 0 Å². The van der Waals surface area contributed by atoms with Crippen molar-refractivity contribution in [3.8, 4) is 0 Å². The molecule has 0 spiro atoms. The summed E-state index contributed by atoms with van der Waals surface area (Å²) in [6.45, 7) is 11.8. The zero-order valence-corrected chi connectivity index (χ0v) is 13.8. The predicted octanol–water partition coefficient (Wildman–Crippen LogP) is 2.92. The molecule has 2 rings (SSSR count). The molecule has 2 aromatic heterocycles. The van der Waals surface area contributed by atoms with E-state index in [1.54, 1.807) is 0 Å². The third kappa shape index (κ3) is 3.73. The third-order valence-corrected chi connectivity index (χ3v) is 2.92. The van der Waals surface area contributed by atoms with E-state index in [9.17, 15) is 0 Å². The molecule has 3 N–H and O–H groups in total. The quantitative estimate of drug-likeness (QED) is 0.533. The first-order valence-corrected chi connectivity index (χ1v) is 7.54. The summed E-state index contributed by atoms with van der Waals surface area (Å²) in [6.07, 6.45) is 0. The highest BCUT2D eigenvalue weighted by Gasteiger charge is 2.14. The summed E-state index contributed by atoms with van der Waals surface area (Å²) >= 11 is 6.00. The molecular formula is C14H20ClN7. The van der Waals surface area contributed by atoms with Gasteiger partial charge in [0.2, 0.25) is 11.2 Å². The highest BCUT2D eigenvalue weighted by molar-refractivity contribution is 6.29. The number of rotatable bonds is 7. The molecule has 0 fully saturated rings. The molecule has 118 valence electrons. The Balaban J connectivity index is 2.58. The maximum absolute atomic E-state index is 6.00. The maximum atomic E-state index is 6.00. The Morgan fingerprint density at radius 3 is 2.14 bits per heavy atom. The highest BCUT2D eigenvalue weighted by atomic mass is 35.5. The lowest BCUT2D eigenvalue weighted by Gasteiger charge is -2.12. The lowest BCUT2D eigenvalue weighted by molar-refractivity contribution is 1.07. The number of halogens is 1. The van der Waals surface area contributed by atoms with Crippen LogP contribution >= 0.6 is 11.6 Å². The van der Waals surface area contributed by atoms with Crippen LogP contribution in [-0.4, -0.2) is 39.6 Å². The Hall–Kier alpha value is -2.15. The van der Waals surface area contributed by atoms with Crippen molar-refractivity contribution in [3.63, 3.8) is 0 Å². The molecule has 0 radical (unpaired) electrons. The normalized spacial score (nSPS) is 10.5. The van der Waals surface area contributed by atoms with Crippen LogP contribution in [0.2, 0.25) is 5.28 Å². The second kappa shape index (κ2) is 7.22. The van der Waals surface area contributed by atoms with Gasteiger partial charge in [0.25, 0.3) is 0 Å². The Morgan fingerprint density at radius 2 is 1.55 bits per heavy atom. The average molecular weight is 322 g/mol. The van der Waals surface area contributed by atoms with E-state index in [4.69, 9.17) is 11.6 Å². The molecule has 8 heteroatoms. The number of hydrogen-bond donors (Lipinski definition) is 3. The molecule has 0 amide bonds. The average Bonchev–Trinajstić information content (AvgIpc) is 2.46. The van der Waals surface area contributed by atoms with E-state index >= 15 is 0 Å². The zero-order chi connectivity index (χ0) is 16.1. The molecule has 0 unspecified atom stereocenters. The molecule has 0 saturated heterocycles. The first-order valence-electron chi connectivity index (χ1n) is 7.16. The molecule has 0 atom stereocenters. The monoisotopic (exact) mass is 321 g/mol. The van der Waals surface area contributed by atoms with Crippen molar-refractivity contribution in [1.82, 2.24) is 19.9 Å². The second-order valence-electron chi connectivity index (χ2n) is 4.81. The van der Waals surface area contributed by atoms with Crippen LogP contribution in [0.5, 0.6) is 0 Å². The van der Waals surface area contributed by atoms with Gasteiger partial charge in [-0.2, -0.15) is 9.97 Å². The van der Waals surface area contributed by atoms with Crippen molar-refractivity contribution in [2.24, 2.45) is 0 Å². The number of aromatic nitrogens is 4. The summed E-state index contributed by atoms with van der Waals surface area (Å²) in [5.41, 5.74) is 2.22. The lowest BCUT2D eigenvalue weighted by atomic mass is 10.3. The van der Waals surface area contributed by atoms with Crippen LogP contribution in [0.4, 0.5) is 17.6 Å². The number of nitrogens with zero attached hydrogens (tertiary/aromatic N) is 4. The molecule has 0 aliphatic carbocycles. The number of nitrogens with one attached hydrogen (secondary N) is 3. The van der Waals surface area contributed by atoms with E-state index < -0.39 is 0 Å². The summed E-state index contributed by atoms with van der Waals surface area (Å²) in [6, 6.07) is 0. The molecule has 2 heterocycles. The van der Waals surface area contributed by atoms with Crippen molar-refractivity contribution in [2.75, 3.05) is 35.6 Å². The van der Waals surface area contributed by atoms with E-state index in [0.29, 0.717) is 48.3 Å². The SMILES string of the molecule is C=C(C)CNc1nc(NCC)c2nc(Cl)nc(NCC)c2n1. The smallest absolute Gasteiger partial charge is 0.225 e. The largest absolute Gasteiger partial charge is 0.368 e. The van der Waals surface area contributed by atoms with E-state index in [1.807, 2.05) is 20.8 Å². The summed E-state index contributed by atoms with van der Waals surface area (Å²) in [7, 11) is 0. The maximum Gasteiger partial charge on any atom is 0.225 e. The second-order valence-corrected chi connectivity index (χ2v) is 5.14. The molecule has 7 nitrogen and oxygen atoms in total. The molecule has 0 aromatic carbocycles. The summed E-state index contributed by atoms with van der Waals surface area (Å²) < 4.78 is 0. The minimum absolute atomic E-state index is 0.161. The van der Waals surface area contributed by atoms with E-state index in [0.717, 1.165) is 5.57 Å². The zero-order valence-electron chi connectivity index (χ0n) is 13.0. The fraction of sp³-hybridized carbons (Fsp3) is 0.429. The summed E-state index contributed by atoms with van der Waals surface area (Å²) in [5.74, 6) is 1.72. The highest BCUT2D eigenvalue weighted by Crippen LogP contribution is 2.26. The fourth-order valence-electron chi connectivity index (χ4n) is 1.88. The van der Waals surface area contributed by atoms with Gasteiger partial charge in [0.05, 0.1) is 0 Å². The number of anilines is 3. The Labute approximate surface area is 134 Å². The van der Waals surface area contributed by atoms with Gasteiger partial charge in [0.1, 0.15) is 11.0 Å². The molecule has 0 aliphatic heterocycles. The van der Waals surface area contributed by atoms with Crippen molar-refractivity contribution in [3.05, 3.63) is 17.4 Å². The van der Waals surface area contributed by atoms with Crippen LogP contribution in [0, 0.1) is 0 Å². The predicted molar refractivity (Wildman–Crippen MR) is 91.8 cm³/mol. The van der Waals surface area contributed by atoms with Crippen LogP contribution in [0.25, 0.3) is 11.0 Å². The van der Waals surface area contributed by atoms with Crippen LogP contribution < -0.4 is 16.0 Å². The number of fused-ring (bicyclic) bond motifs is 1. The van der Waals surface area contributed by atoms with Gasteiger partial charge in [-0.25, -0.2) is 9.97 Å². The van der Waals surface area contributed by atoms with Crippen molar-refractivity contribution >= 4 is 40.2 Å². The topological polar surface area (TPSA) is 87.7 Å². The molecule has 0 aliphatic rings. The Kier molecular flexibility index (Phi) is 5.32. The molecule has 22 heavy (non-hydrogen) atoms. The summed E-state index contributed by atoms with van der Waals surface area (Å²) in [4.78, 5) is 17.4. The molecule has 0 bridgehead atoms. The van der Waals surface area contributed by atoms with Gasteiger partial charge in [-0.1, -0.05) is 12.2 Å². The first kappa shape index (κ1) is 16.2. The Bertz CT molecular complexity index is 686. The van der Waals surface area contributed by atoms with Crippen molar-refractivity contribution < 1.29 is 0 Å². The van der Waals surface area contributed by atoms with Crippen LogP contribution in [0.15, 0.2) is 12.2 Å². The standard InChI is InChI=1S/C14H20ClN7/c1-5-16-11-10-9(19-13(15)21-11)12(17-6-2)22-14(20-10)18-7-8(3)4/h3,5-7H2,1-2,4H3,(H,16,19,21)(H2,17,18,20,22). The minimum Gasteiger partial charge on any atom is -0.368 e. The van der Waals surface area contributed by atoms with Crippen LogP contribution in [0.3, 0.4) is 0 Å². The van der Waals surface area contributed by atoms with Gasteiger partial charge >= 0.3 is 0 Å². The van der Waals surface area contributed by atoms with Crippen molar-refractivity contribution in [2.45, 2.75) is 20.8 Å².